The second-order valence-electron chi connectivity index (χ2n) is 9.64. The van der Waals surface area contributed by atoms with Crippen molar-refractivity contribution >= 4 is 6.09 Å². The van der Waals surface area contributed by atoms with Gasteiger partial charge in [-0.1, -0.05) is 6.07 Å². The Morgan fingerprint density at radius 3 is 2.42 bits per heavy atom. The van der Waals surface area contributed by atoms with E-state index in [2.05, 4.69) is 5.32 Å². The molecular formula is C25H29F3N2O3. The minimum Gasteiger partial charge on any atom is -0.457 e. The Bertz CT molecular complexity index is 999. The van der Waals surface area contributed by atoms with Gasteiger partial charge in [0.1, 0.15) is 17.1 Å². The summed E-state index contributed by atoms with van der Waals surface area (Å²) < 4.78 is 49.8. The first kappa shape index (κ1) is 23.4. The van der Waals surface area contributed by atoms with Gasteiger partial charge < -0.3 is 19.7 Å². The zero-order chi connectivity index (χ0) is 23.8. The molecule has 5 nitrogen and oxygen atoms in total. The van der Waals surface area contributed by atoms with Crippen LogP contribution in [0.3, 0.4) is 0 Å². The largest absolute Gasteiger partial charge is 0.457 e. The number of hydrogen-bond donors (Lipinski definition) is 1. The summed E-state index contributed by atoms with van der Waals surface area (Å²) in [6.45, 7) is 7.67. The van der Waals surface area contributed by atoms with Crippen LogP contribution in [0.15, 0.2) is 42.5 Å². The summed E-state index contributed by atoms with van der Waals surface area (Å²) in [5.41, 5.74) is 1.09. The highest BCUT2D eigenvalue weighted by Gasteiger charge is 2.36. The molecular weight excluding hydrogens is 433 g/mol. The summed E-state index contributed by atoms with van der Waals surface area (Å²) in [6.07, 6.45) is -2.92. The number of halogens is 3. The van der Waals surface area contributed by atoms with Crippen LogP contribution in [0.4, 0.5) is 18.0 Å². The number of ether oxygens (including phenoxy) is 2. The normalized spacial score (nSPS) is 21.0. The Morgan fingerprint density at radius 1 is 1.06 bits per heavy atom. The van der Waals surface area contributed by atoms with Crippen LogP contribution in [0.1, 0.15) is 49.9 Å². The summed E-state index contributed by atoms with van der Waals surface area (Å²) in [5, 5.41) is 3.58. The lowest BCUT2D eigenvalue weighted by atomic mass is 9.85. The van der Waals surface area contributed by atoms with E-state index >= 15 is 0 Å². The highest BCUT2D eigenvalue weighted by molar-refractivity contribution is 5.68. The van der Waals surface area contributed by atoms with Crippen molar-refractivity contribution in [1.29, 1.82) is 0 Å². The topological polar surface area (TPSA) is 50.8 Å². The third-order valence-electron chi connectivity index (χ3n) is 5.98. The molecule has 178 valence electrons. The van der Waals surface area contributed by atoms with Crippen molar-refractivity contribution < 1.29 is 27.4 Å². The smallest absolute Gasteiger partial charge is 0.416 e. The van der Waals surface area contributed by atoms with Crippen LogP contribution >= 0.6 is 0 Å². The molecule has 1 fully saturated rings. The maximum absolute atomic E-state index is 12.8. The third kappa shape index (κ3) is 5.61. The van der Waals surface area contributed by atoms with Crippen molar-refractivity contribution in [3.05, 3.63) is 59.2 Å². The van der Waals surface area contributed by atoms with Crippen LogP contribution in [0, 0.1) is 5.92 Å². The Labute approximate surface area is 191 Å². The molecule has 8 heteroatoms. The number of carbonyl (C=O) groups excluding carboxylic acids is 1. The Hall–Kier alpha value is -2.74. The fourth-order valence-electron chi connectivity index (χ4n) is 4.45. The lowest BCUT2D eigenvalue weighted by Gasteiger charge is -2.32. The second-order valence-corrected chi connectivity index (χ2v) is 9.64. The predicted molar refractivity (Wildman–Crippen MR) is 118 cm³/mol. The minimum atomic E-state index is -4.38. The maximum Gasteiger partial charge on any atom is 0.416 e. The van der Waals surface area contributed by atoms with Crippen LogP contribution < -0.4 is 10.1 Å². The van der Waals surface area contributed by atoms with Gasteiger partial charge in [0.25, 0.3) is 0 Å². The molecule has 0 bridgehead atoms. The summed E-state index contributed by atoms with van der Waals surface area (Å²) >= 11 is 0. The lowest BCUT2D eigenvalue weighted by Crippen LogP contribution is -2.38. The van der Waals surface area contributed by atoms with Gasteiger partial charge in [-0.3, -0.25) is 0 Å². The first-order chi connectivity index (χ1) is 15.5. The fourth-order valence-corrected chi connectivity index (χ4v) is 4.45. The summed E-state index contributed by atoms with van der Waals surface area (Å²) in [6, 6.07) is 10.6. The van der Waals surface area contributed by atoms with Crippen LogP contribution in [0.25, 0.3) is 0 Å². The van der Waals surface area contributed by atoms with E-state index in [0.29, 0.717) is 24.6 Å². The van der Waals surface area contributed by atoms with Gasteiger partial charge >= 0.3 is 12.3 Å². The van der Waals surface area contributed by atoms with E-state index in [-0.39, 0.29) is 18.1 Å². The number of amides is 1. The molecule has 2 atom stereocenters. The first-order valence-electron chi connectivity index (χ1n) is 11.2. The van der Waals surface area contributed by atoms with Gasteiger partial charge in [-0.25, -0.2) is 4.79 Å². The maximum atomic E-state index is 12.8. The Balaban J connectivity index is 1.48. The predicted octanol–water partition coefficient (Wildman–Crippen LogP) is 5.94. The Kier molecular flexibility index (Phi) is 6.31. The molecule has 0 radical (unpaired) electrons. The molecule has 2 aromatic rings. The van der Waals surface area contributed by atoms with Gasteiger partial charge in [0, 0.05) is 19.1 Å². The molecule has 0 saturated carbocycles. The molecule has 0 spiro atoms. The minimum absolute atomic E-state index is 0.0670. The van der Waals surface area contributed by atoms with Gasteiger partial charge in [-0.05, 0) is 93.6 Å². The van der Waals surface area contributed by atoms with Crippen LogP contribution in [-0.2, 0) is 17.3 Å². The molecule has 2 unspecified atom stereocenters. The number of hydrogen-bond acceptors (Lipinski definition) is 4. The number of nitrogens with zero attached hydrogens (tertiary/aromatic N) is 1. The molecule has 1 amide bonds. The van der Waals surface area contributed by atoms with E-state index in [4.69, 9.17) is 9.47 Å². The van der Waals surface area contributed by atoms with Crippen molar-refractivity contribution in [2.45, 2.75) is 51.4 Å². The average molecular weight is 463 g/mol. The van der Waals surface area contributed by atoms with Crippen LogP contribution in [0.2, 0.25) is 0 Å². The highest BCUT2D eigenvalue weighted by Crippen LogP contribution is 2.37. The molecule has 1 saturated heterocycles. The van der Waals surface area contributed by atoms with Crippen molar-refractivity contribution in [2.75, 3.05) is 19.6 Å². The van der Waals surface area contributed by atoms with Gasteiger partial charge in [-0.2, -0.15) is 13.2 Å². The first-order valence-corrected chi connectivity index (χ1v) is 11.2. The molecule has 2 aliphatic rings. The van der Waals surface area contributed by atoms with E-state index in [1.165, 1.54) is 17.7 Å². The molecule has 0 aliphatic carbocycles. The average Bonchev–Trinajstić information content (AvgIpc) is 3.22. The summed E-state index contributed by atoms with van der Waals surface area (Å²) in [4.78, 5) is 14.2. The lowest BCUT2D eigenvalue weighted by molar-refractivity contribution is -0.137. The zero-order valence-corrected chi connectivity index (χ0v) is 19.0. The number of carbonyl (C=O) groups is 1. The van der Waals surface area contributed by atoms with Crippen molar-refractivity contribution in [3.63, 3.8) is 0 Å². The summed E-state index contributed by atoms with van der Waals surface area (Å²) in [7, 11) is 0. The monoisotopic (exact) mass is 462 g/mol. The number of nitrogens with one attached hydrogen (secondary N) is 1. The standard InChI is InChI=1S/C25H29F3N2O3/c1-24(2,3)33-23(31)30-13-11-17(15-30)22-21-14-20(7-4-16(21)10-12-29-22)32-19-8-5-18(6-9-19)25(26,27)28/h4-9,14,17,22,29H,10-13,15H2,1-3H3. The van der Waals surface area contributed by atoms with E-state index in [0.717, 1.165) is 37.1 Å². The van der Waals surface area contributed by atoms with Gasteiger partial charge in [0.05, 0.1) is 5.56 Å². The highest BCUT2D eigenvalue weighted by atomic mass is 19.4. The Morgan fingerprint density at radius 2 is 1.76 bits per heavy atom. The SMILES string of the molecule is CC(C)(C)OC(=O)N1CCC(C2NCCc3ccc(Oc4ccc(C(F)(F)F)cc4)cc32)C1. The number of benzene rings is 2. The fraction of sp³-hybridized carbons (Fsp3) is 0.480. The van der Waals surface area contributed by atoms with Gasteiger partial charge in [-0.15, -0.1) is 0 Å². The van der Waals surface area contributed by atoms with Crippen molar-refractivity contribution in [1.82, 2.24) is 10.2 Å². The van der Waals surface area contributed by atoms with Crippen molar-refractivity contribution in [2.24, 2.45) is 5.92 Å². The van der Waals surface area contributed by atoms with E-state index < -0.39 is 17.3 Å². The van der Waals surface area contributed by atoms with Crippen LogP contribution in [0.5, 0.6) is 11.5 Å². The van der Waals surface area contributed by atoms with E-state index in [9.17, 15) is 18.0 Å². The molecule has 2 aromatic carbocycles. The molecule has 1 N–H and O–H groups in total. The third-order valence-corrected chi connectivity index (χ3v) is 5.98. The number of alkyl halides is 3. The summed E-state index contributed by atoms with van der Waals surface area (Å²) in [5.74, 6) is 1.15. The second kappa shape index (κ2) is 8.89. The molecule has 33 heavy (non-hydrogen) atoms. The number of fused-ring (bicyclic) bond motifs is 1. The van der Waals surface area contributed by atoms with Gasteiger partial charge in [0.15, 0.2) is 0 Å². The van der Waals surface area contributed by atoms with E-state index in [1.54, 1.807) is 4.90 Å². The molecule has 2 aliphatic heterocycles. The van der Waals surface area contributed by atoms with Crippen molar-refractivity contribution in [3.8, 4) is 11.5 Å². The number of rotatable bonds is 3. The molecule has 0 aromatic heterocycles. The van der Waals surface area contributed by atoms with Crippen LogP contribution in [-0.4, -0.2) is 36.2 Å². The van der Waals surface area contributed by atoms with E-state index in [1.807, 2.05) is 39.0 Å². The zero-order valence-electron chi connectivity index (χ0n) is 19.0. The van der Waals surface area contributed by atoms with Gasteiger partial charge in [0.2, 0.25) is 0 Å². The quantitative estimate of drug-likeness (QED) is 0.613. The molecule has 2 heterocycles. The number of likely N-dealkylation sites (tertiary alicyclic amines) is 1. The molecule has 4 rings (SSSR count).